The Morgan fingerprint density at radius 2 is 2.25 bits per heavy atom. The van der Waals surface area contributed by atoms with Crippen molar-refractivity contribution in [1.29, 1.82) is 0 Å². The number of benzene rings is 1. The summed E-state index contributed by atoms with van der Waals surface area (Å²) in [4.78, 5) is 10.8. The molecule has 0 saturated carbocycles. The van der Waals surface area contributed by atoms with Crippen LogP contribution in [0.15, 0.2) is 28.8 Å². The molecule has 1 aromatic carbocycles. The Labute approximate surface area is 104 Å². The number of hydrogen-bond donors (Lipinski definition) is 0. The maximum atomic E-state index is 10.8. The number of ether oxygens (including phenoxy) is 2. The van der Waals surface area contributed by atoms with Crippen LogP contribution in [0.3, 0.4) is 0 Å². The lowest BCUT2D eigenvalue weighted by Gasteiger charge is -2.08. The second-order valence-electron chi connectivity index (χ2n) is 2.87. The second kappa shape index (κ2) is 6.40. The van der Waals surface area contributed by atoms with E-state index in [0.29, 0.717) is 28.4 Å². The zero-order valence-corrected chi connectivity index (χ0v) is 10.1. The summed E-state index contributed by atoms with van der Waals surface area (Å²) in [5.41, 5.74) is 1.62. The van der Waals surface area contributed by atoms with E-state index in [0.717, 1.165) is 0 Å². The second-order valence-corrected chi connectivity index (χ2v) is 3.57. The summed E-state index contributed by atoms with van der Waals surface area (Å²) < 4.78 is 10.3. The van der Waals surface area contributed by atoms with Gasteiger partial charge in [0.25, 0.3) is 0 Å². The van der Waals surface area contributed by atoms with Crippen LogP contribution >= 0.6 is 23.2 Å². The molecule has 0 amide bonds. The minimum atomic E-state index is 0.123. The highest BCUT2D eigenvalue weighted by Gasteiger charge is 2.05. The molecule has 5 heteroatoms. The van der Waals surface area contributed by atoms with Gasteiger partial charge in [-0.2, -0.15) is 0 Å². The van der Waals surface area contributed by atoms with Gasteiger partial charge in [0.05, 0.1) is 17.7 Å². The average Bonchev–Trinajstić information content (AvgIpc) is 2.35. The van der Waals surface area contributed by atoms with Gasteiger partial charge < -0.3 is 9.47 Å². The van der Waals surface area contributed by atoms with Crippen LogP contribution in [-0.4, -0.2) is 20.0 Å². The Kier molecular flexibility index (Phi) is 5.15. The number of rotatable bonds is 5. The summed E-state index contributed by atoms with van der Waals surface area (Å²) in [6.07, 6.45) is 0.691. The van der Waals surface area contributed by atoms with Crippen molar-refractivity contribution in [3.05, 3.63) is 34.3 Å². The van der Waals surface area contributed by atoms with Crippen molar-refractivity contribution in [2.45, 2.75) is 0 Å². The van der Waals surface area contributed by atoms with E-state index in [-0.39, 0.29) is 6.61 Å². The van der Waals surface area contributed by atoms with Gasteiger partial charge >= 0.3 is 0 Å². The van der Waals surface area contributed by atoms with Gasteiger partial charge in [-0.05, 0) is 18.2 Å². The average molecular weight is 261 g/mol. The van der Waals surface area contributed by atoms with Crippen molar-refractivity contribution >= 4 is 29.5 Å². The predicted molar refractivity (Wildman–Crippen MR) is 63.7 cm³/mol. The first kappa shape index (κ1) is 12.9. The van der Waals surface area contributed by atoms with Crippen molar-refractivity contribution in [2.75, 3.05) is 13.7 Å². The maximum absolute atomic E-state index is 10.8. The maximum Gasteiger partial charge on any atom is 0.153 e. The molecule has 0 radical (unpaired) electrons. The first-order valence-corrected chi connectivity index (χ1v) is 5.23. The third-order valence-corrected chi connectivity index (χ3v) is 2.42. The number of hydrogen-bond acceptors (Lipinski definition) is 3. The summed E-state index contributed by atoms with van der Waals surface area (Å²) in [6.45, 7) is 0.123. The first-order chi connectivity index (χ1) is 7.71. The summed E-state index contributed by atoms with van der Waals surface area (Å²) >= 11 is 11.0. The molecule has 0 unspecified atom stereocenters. The first-order valence-electron chi connectivity index (χ1n) is 4.42. The van der Waals surface area contributed by atoms with Crippen LogP contribution in [0, 0.1) is 0 Å². The van der Waals surface area contributed by atoms with Crippen LogP contribution in [-0.2, 0) is 0 Å². The molecule has 0 aliphatic rings. The highest BCUT2D eigenvalue weighted by molar-refractivity contribution is 6.36. The monoisotopic (exact) mass is 260 g/mol. The quantitative estimate of drug-likeness (QED) is 0.763. The molecule has 0 saturated heterocycles. The molecular formula is C11H10Cl2O3. The number of carbonyl (C=O) groups excluding carboxylic acids is 1. The van der Waals surface area contributed by atoms with Crippen LogP contribution in [0.25, 0.3) is 0 Å². The molecule has 3 nitrogen and oxygen atoms in total. The largest absolute Gasteiger partial charge is 0.497 e. The highest BCUT2D eigenvalue weighted by atomic mass is 35.5. The smallest absolute Gasteiger partial charge is 0.153 e. The van der Waals surface area contributed by atoms with Crippen LogP contribution in [0.2, 0.25) is 0 Å². The fourth-order valence-corrected chi connectivity index (χ4v) is 1.17. The van der Waals surface area contributed by atoms with E-state index in [4.69, 9.17) is 32.7 Å². The van der Waals surface area contributed by atoms with Crippen LogP contribution in [0.4, 0.5) is 0 Å². The van der Waals surface area contributed by atoms with E-state index < -0.39 is 0 Å². The molecular weight excluding hydrogens is 251 g/mol. The summed E-state index contributed by atoms with van der Waals surface area (Å²) in [7, 11) is 1.53. The molecule has 0 fully saturated rings. The zero-order chi connectivity index (χ0) is 12.0. The molecule has 0 bridgehead atoms. The van der Waals surface area contributed by atoms with Crippen LogP contribution in [0.1, 0.15) is 10.4 Å². The van der Waals surface area contributed by atoms with Gasteiger partial charge in [-0.15, -0.1) is 0 Å². The molecule has 0 atom stereocenters. The molecule has 0 aromatic heterocycles. The van der Waals surface area contributed by atoms with Crippen molar-refractivity contribution in [2.24, 2.45) is 0 Å². The Morgan fingerprint density at radius 3 is 2.81 bits per heavy atom. The molecule has 0 spiro atoms. The molecule has 0 heterocycles. The summed E-state index contributed by atoms with van der Waals surface area (Å²) in [6, 6.07) is 4.92. The Balaban J connectivity index is 2.83. The minimum Gasteiger partial charge on any atom is -0.497 e. The van der Waals surface area contributed by atoms with E-state index in [9.17, 15) is 4.79 Å². The van der Waals surface area contributed by atoms with Gasteiger partial charge in [0.2, 0.25) is 0 Å². The van der Waals surface area contributed by atoms with Crippen LogP contribution in [0.5, 0.6) is 11.5 Å². The predicted octanol–water partition coefficient (Wildman–Crippen LogP) is 3.21. The number of carbonyl (C=O) groups is 1. The molecule has 16 heavy (non-hydrogen) atoms. The minimum absolute atomic E-state index is 0.123. The topological polar surface area (TPSA) is 35.5 Å². The van der Waals surface area contributed by atoms with E-state index >= 15 is 0 Å². The number of methoxy groups -OCH3 is 1. The highest BCUT2D eigenvalue weighted by Crippen LogP contribution is 2.23. The van der Waals surface area contributed by atoms with E-state index in [1.807, 2.05) is 0 Å². The lowest BCUT2D eigenvalue weighted by atomic mass is 10.2. The Hall–Kier alpha value is -1.19. The number of aldehydes is 1. The summed E-state index contributed by atoms with van der Waals surface area (Å²) in [5, 5.41) is 0.356. The van der Waals surface area contributed by atoms with E-state index in [1.54, 1.807) is 18.2 Å². The van der Waals surface area contributed by atoms with E-state index in [2.05, 4.69) is 0 Å². The lowest BCUT2D eigenvalue weighted by molar-refractivity contribution is 0.111. The molecule has 1 rings (SSSR count). The normalized spacial score (nSPS) is 11.1. The van der Waals surface area contributed by atoms with Crippen molar-refractivity contribution < 1.29 is 14.3 Å². The van der Waals surface area contributed by atoms with Gasteiger partial charge in [0.1, 0.15) is 18.1 Å². The molecule has 0 N–H and O–H groups in total. The Morgan fingerprint density at radius 1 is 1.50 bits per heavy atom. The number of halogens is 2. The Bertz CT molecular complexity index is 402. The van der Waals surface area contributed by atoms with Gasteiger partial charge in [-0.25, -0.2) is 0 Å². The van der Waals surface area contributed by atoms with Gasteiger partial charge in [0.15, 0.2) is 6.29 Å². The van der Waals surface area contributed by atoms with Gasteiger partial charge in [-0.3, -0.25) is 4.79 Å². The third kappa shape index (κ3) is 3.43. The SMILES string of the molecule is COc1ccc(OCC(Cl)=CCl)c(C=O)c1. The van der Waals surface area contributed by atoms with E-state index in [1.165, 1.54) is 12.6 Å². The van der Waals surface area contributed by atoms with Crippen molar-refractivity contribution in [1.82, 2.24) is 0 Å². The molecule has 0 aliphatic carbocycles. The third-order valence-electron chi connectivity index (χ3n) is 1.83. The standard InChI is InChI=1S/C11H10Cl2O3/c1-15-10-2-3-11(8(4-10)6-14)16-7-9(13)5-12/h2-6H,7H2,1H3. The van der Waals surface area contributed by atoms with Crippen molar-refractivity contribution in [3.8, 4) is 11.5 Å². The summed E-state index contributed by atoms with van der Waals surface area (Å²) in [5.74, 6) is 1.03. The lowest BCUT2D eigenvalue weighted by Crippen LogP contribution is -2.00. The van der Waals surface area contributed by atoms with Gasteiger partial charge in [-0.1, -0.05) is 23.2 Å². The fourth-order valence-electron chi connectivity index (χ4n) is 1.06. The molecule has 0 aliphatic heterocycles. The van der Waals surface area contributed by atoms with Crippen molar-refractivity contribution in [3.63, 3.8) is 0 Å². The molecule has 1 aromatic rings. The molecule has 86 valence electrons. The van der Waals surface area contributed by atoms with Gasteiger partial charge in [0, 0.05) is 5.54 Å². The zero-order valence-electron chi connectivity index (χ0n) is 8.57. The van der Waals surface area contributed by atoms with Crippen LogP contribution < -0.4 is 9.47 Å². The fraction of sp³-hybridized carbons (Fsp3) is 0.182.